The molecule has 0 aliphatic heterocycles. The second-order valence-electron chi connectivity index (χ2n) is 5.36. The first-order valence-electron chi connectivity index (χ1n) is 7.33. The molecule has 1 N–H and O–H groups in total. The molecule has 0 bridgehead atoms. The Labute approximate surface area is 144 Å². The standard InChI is InChI=1S/C18H16Cl2N2O/c1-22-16-8-4-7-15(20)13(16)11-17(22)18(23)21-10-9-12-5-2-3-6-14(12)19/h2-8,11H,9-10H2,1H3,(H,21,23). The number of hydrogen-bond acceptors (Lipinski definition) is 1. The largest absolute Gasteiger partial charge is 0.350 e. The molecule has 0 aliphatic rings. The summed E-state index contributed by atoms with van der Waals surface area (Å²) in [4.78, 5) is 12.4. The van der Waals surface area contributed by atoms with Crippen LogP contribution in [0.2, 0.25) is 10.0 Å². The van der Waals surface area contributed by atoms with E-state index in [0.29, 0.717) is 23.7 Å². The van der Waals surface area contributed by atoms with E-state index in [-0.39, 0.29) is 5.91 Å². The van der Waals surface area contributed by atoms with E-state index >= 15 is 0 Å². The van der Waals surface area contributed by atoms with E-state index < -0.39 is 0 Å². The number of halogens is 2. The summed E-state index contributed by atoms with van der Waals surface area (Å²) < 4.78 is 1.85. The average molecular weight is 347 g/mol. The smallest absolute Gasteiger partial charge is 0.267 e. The predicted molar refractivity (Wildman–Crippen MR) is 95.4 cm³/mol. The molecule has 0 saturated heterocycles. The Morgan fingerprint density at radius 3 is 2.57 bits per heavy atom. The van der Waals surface area contributed by atoms with Gasteiger partial charge in [0.2, 0.25) is 0 Å². The minimum Gasteiger partial charge on any atom is -0.350 e. The topological polar surface area (TPSA) is 34.0 Å². The molecule has 2 aromatic carbocycles. The molecular weight excluding hydrogens is 331 g/mol. The van der Waals surface area contributed by atoms with Gasteiger partial charge in [0.25, 0.3) is 5.91 Å². The Morgan fingerprint density at radius 2 is 1.83 bits per heavy atom. The van der Waals surface area contributed by atoms with Gasteiger partial charge in [0.1, 0.15) is 5.69 Å². The van der Waals surface area contributed by atoms with Crippen LogP contribution in [0, 0.1) is 0 Å². The first-order valence-corrected chi connectivity index (χ1v) is 8.09. The van der Waals surface area contributed by atoms with Crippen molar-refractivity contribution < 1.29 is 4.79 Å². The van der Waals surface area contributed by atoms with E-state index in [0.717, 1.165) is 21.5 Å². The average Bonchev–Trinajstić information content (AvgIpc) is 2.88. The summed E-state index contributed by atoms with van der Waals surface area (Å²) in [5.74, 6) is -0.119. The van der Waals surface area contributed by atoms with E-state index in [4.69, 9.17) is 23.2 Å². The van der Waals surface area contributed by atoms with Gasteiger partial charge < -0.3 is 9.88 Å². The third kappa shape index (κ3) is 3.21. The van der Waals surface area contributed by atoms with Gasteiger partial charge in [-0.25, -0.2) is 0 Å². The van der Waals surface area contributed by atoms with E-state index in [9.17, 15) is 4.79 Å². The number of nitrogens with zero attached hydrogens (tertiary/aromatic N) is 1. The molecular formula is C18H16Cl2N2O. The normalized spacial score (nSPS) is 10.9. The van der Waals surface area contributed by atoms with Crippen molar-refractivity contribution in [1.29, 1.82) is 0 Å². The second kappa shape index (κ2) is 6.65. The van der Waals surface area contributed by atoms with Gasteiger partial charge in [-0.1, -0.05) is 47.5 Å². The van der Waals surface area contributed by atoms with Gasteiger partial charge in [-0.15, -0.1) is 0 Å². The molecule has 1 amide bonds. The Hall–Kier alpha value is -1.97. The molecule has 0 fully saturated rings. The fraction of sp³-hybridized carbons (Fsp3) is 0.167. The second-order valence-corrected chi connectivity index (χ2v) is 6.17. The molecule has 0 aliphatic carbocycles. The highest BCUT2D eigenvalue weighted by Gasteiger charge is 2.14. The molecule has 0 spiro atoms. The van der Waals surface area contributed by atoms with Crippen molar-refractivity contribution in [1.82, 2.24) is 9.88 Å². The maximum atomic E-state index is 12.4. The van der Waals surface area contributed by atoms with Gasteiger partial charge in [0, 0.05) is 34.5 Å². The molecule has 3 rings (SSSR count). The molecule has 23 heavy (non-hydrogen) atoms. The molecule has 1 heterocycles. The summed E-state index contributed by atoms with van der Waals surface area (Å²) in [5, 5.41) is 5.18. The highest BCUT2D eigenvalue weighted by molar-refractivity contribution is 6.35. The van der Waals surface area contributed by atoms with Crippen LogP contribution in [0.5, 0.6) is 0 Å². The molecule has 0 radical (unpaired) electrons. The number of fused-ring (bicyclic) bond motifs is 1. The van der Waals surface area contributed by atoms with Crippen molar-refractivity contribution in [2.24, 2.45) is 7.05 Å². The van der Waals surface area contributed by atoms with Crippen molar-refractivity contribution in [3.8, 4) is 0 Å². The number of hydrogen-bond donors (Lipinski definition) is 1. The van der Waals surface area contributed by atoms with Crippen molar-refractivity contribution in [3.05, 3.63) is 69.8 Å². The zero-order valence-corrected chi connectivity index (χ0v) is 14.2. The third-order valence-corrected chi connectivity index (χ3v) is 4.60. The zero-order valence-electron chi connectivity index (χ0n) is 12.6. The van der Waals surface area contributed by atoms with E-state index in [1.165, 1.54) is 0 Å². The summed E-state index contributed by atoms with van der Waals surface area (Å²) in [7, 11) is 1.86. The lowest BCUT2D eigenvalue weighted by Gasteiger charge is -2.07. The maximum Gasteiger partial charge on any atom is 0.267 e. The van der Waals surface area contributed by atoms with Crippen molar-refractivity contribution in [3.63, 3.8) is 0 Å². The van der Waals surface area contributed by atoms with Gasteiger partial charge in [-0.2, -0.15) is 0 Å². The first-order chi connectivity index (χ1) is 11.1. The third-order valence-electron chi connectivity index (χ3n) is 3.90. The number of carbonyl (C=O) groups is 1. The van der Waals surface area contributed by atoms with Crippen LogP contribution < -0.4 is 5.32 Å². The van der Waals surface area contributed by atoms with Gasteiger partial charge in [0.15, 0.2) is 0 Å². The summed E-state index contributed by atoms with van der Waals surface area (Å²) in [6.07, 6.45) is 0.691. The molecule has 3 aromatic rings. The summed E-state index contributed by atoms with van der Waals surface area (Å²) in [5.41, 5.74) is 2.55. The van der Waals surface area contributed by atoms with Crippen molar-refractivity contribution >= 4 is 40.0 Å². The van der Waals surface area contributed by atoms with E-state index in [1.807, 2.05) is 60.1 Å². The van der Waals surface area contributed by atoms with E-state index in [1.54, 1.807) is 0 Å². The fourth-order valence-corrected chi connectivity index (χ4v) is 3.10. The Morgan fingerprint density at radius 1 is 1.09 bits per heavy atom. The Kier molecular flexibility index (Phi) is 4.60. The number of aryl methyl sites for hydroxylation is 1. The number of carbonyl (C=O) groups excluding carboxylic acids is 1. The van der Waals surface area contributed by atoms with Crippen LogP contribution in [-0.2, 0) is 13.5 Å². The van der Waals surface area contributed by atoms with Gasteiger partial charge >= 0.3 is 0 Å². The monoisotopic (exact) mass is 346 g/mol. The first kappa shape index (κ1) is 15.9. The molecule has 118 valence electrons. The van der Waals surface area contributed by atoms with Crippen LogP contribution >= 0.6 is 23.2 Å². The molecule has 0 atom stereocenters. The van der Waals surface area contributed by atoms with Crippen molar-refractivity contribution in [2.45, 2.75) is 6.42 Å². The lowest BCUT2D eigenvalue weighted by Crippen LogP contribution is -2.27. The van der Waals surface area contributed by atoms with Gasteiger partial charge in [0.05, 0.1) is 0 Å². The van der Waals surface area contributed by atoms with Gasteiger partial charge in [-0.05, 0) is 36.2 Å². The van der Waals surface area contributed by atoms with Crippen LogP contribution in [0.25, 0.3) is 10.9 Å². The molecule has 5 heteroatoms. The quantitative estimate of drug-likeness (QED) is 0.743. The molecule has 3 nitrogen and oxygen atoms in total. The summed E-state index contributed by atoms with van der Waals surface area (Å²) in [6.45, 7) is 0.526. The van der Waals surface area contributed by atoms with Crippen LogP contribution in [0.3, 0.4) is 0 Å². The molecule has 0 unspecified atom stereocenters. The molecule has 1 aromatic heterocycles. The highest BCUT2D eigenvalue weighted by Crippen LogP contribution is 2.26. The highest BCUT2D eigenvalue weighted by atomic mass is 35.5. The lowest BCUT2D eigenvalue weighted by atomic mass is 10.1. The number of rotatable bonds is 4. The number of nitrogens with one attached hydrogen (secondary N) is 1. The Balaban J connectivity index is 1.73. The number of amides is 1. The van der Waals surface area contributed by atoms with Crippen LogP contribution in [0.1, 0.15) is 16.1 Å². The lowest BCUT2D eigenvalue weighted by molar-refractivity contribution is 0.0946. The maximum absolute atomic E-state index is 12.4. The fourth-order valence-electron chi connectivity index (χ4n) is 2.64. The van der Waals surface area contributed by atoms with E-state index in [2.05, 4.69) is 5.32 Å². The molecule has 0 saturated carbocycles. The van der Waals surface area contributed by atoms with Crippen molar-refractivity contribution in [2.75, 3.05) is 6.54 Å². The summed E-state index contributed by atoms with van der Waals surface area (Å²) >= 11 is 12.3. The minimum atomic E-state index is -0.119. The Bertz CT molecular complexity index is 871. The minimum absolute atomic E-state index is 0.119. The van der Waals surface area contributed by atoms with Gasteiger partial charge in [-0.3, -0.25) is 4.79 Å². The number of aromatic nitrogens is 1. The summed E-state index contributed by atoms with van der Waals surface area (Å²) in [6, 6.07) is 15.1. The number of benzene rings is 2. The SMILES string of the molecule is Cn1c(C(=O)NCCc2ccccc2Cl)cc2c(Cl)cccc21. The predicted octanol–water partition coefficient (Wildman–Crippen LogP) is 4.46. The van der Waals surface area contributed by atoms with Crippen LogP contribution in [0.4, 0.5) is 0 Å². The zero-order chi connectivity index (χ0) is 16.4. The van der Waals surface area contributed by atoms with Crippen LogP contribution in [-0.4, -0.2) is 17.0 Å². The van der Waals surface area contributed by atoms with Crippen LogP contribution in [0.15, 0.2) is 48.5 Å².